The Balaban J connectivity index is 0.000000257. The summed E-state index contributed by atoms with van der Waals surface area (Å²) < 4.78 is 10.5. The lowest BCUT2D eigenvalue weighted by Crippen LogP contribution is -2.06. The van der Waals surface area contributed by atoms with Crippen molar-refractivity contribution >= 4 is 27.9 Å². The van der Waals surface area contributed by atoms with Crippen molar-refractivity contribution in [2.45, 2.75) is 27.2 Å². The molecular formula is C18H21BrN2O4. The van der Waals surface area contributed by atoms with E-state index in [1.807, 2.05) is 6.92 Å². The topological polar surface area (TPSA) is 78.4 Å². The summed E-state index contributed by atoms with van der Waals surface area (Å²) in [5, 5.41) is 0. The van der Waals surface area contributed by atoms with Crippen molar-refractivity contribution in [3.8, 4) is 0 Å². The number of halogens is 1. The van der Waals surface area contributed by atoms with E-state index in [0.717, 1.165) is 16.6 Å². The van der Waals surface area contributed by atoms with Gasteiger partial charge in [-0.05, 0) is 54.4 Å². The summed E-state index contributed by atoms with van der Waals surface area (Å²) in [7, 11) is 0. The Bertz CT molecular complexity index is 693. The molecule has 0 aliphatic carbocycles. The van der Waals surface area contributed by atoms with E-state index >= 15 is 0 Å². The lowest BCUT2D eigenvalue weighted by Gasteiger charge is -2.04. The summed E-state index contributed by atoms with van der Waals surface area (Å²) in [6.07, 6.45) is 5.48. The highest BCUT2D eigenvalue weighted by Gasteiger charge is 2.09. The van der Waals surface area contributed by atoms with E-state index in [1.165, 1.54) is 6.20 Å². The third-order valence-electron chi connectivity index (χ3n) is 2.94. The molecule has 0 aliphatic heterocycles. The van der Waals surface area contributed by atoms with Crippen molar-refractivity contribution in [1.82, 2.24) is 9.97 Å². The van der Waals surface area contributed by atoms with E-state index in [4.69, 9.17) is 9.47 Å². The highest BCUT2D eigenvalue weighted by atomic mass is 79.9. The first-order valence-corrected chi connectivity index (χ1v) is 8.71. The molecule has 2 rings (SSSR count). The second-order valence-corrected chi connectivity index (χ2v) is 5.54. The van der Waals surface area contributed by atoms with Crippen molar-refractivity contribution in [3.63, 3.8) is 0 Å². The minimum absolute atomic E-state index is 0.319. The molecule has 6 nitrogen and oxygen atoms in total. The van der Waals surface area contributed by atoms with E-state index in [2.05, 4.69) is 25.9 Å². The van der Waals surface area contributed by atoms with Gasteiger partial charge in [-0.25, -0.2) is 9.59 Å². The number of pyridine rings is 2. The summed E-state index contributed by atoms with van der Waals surface area (Å²) in [4.78, 5) is 30.2. The number of aromatic nitrogens is 2. The van der Waals surface area contributed by atoms with Crippen LogP contribution in [0, 0.1) is 0 Å². The van der Waals surface area contributed by atoms with E-state index in [0.29, 0.717) is 24.3 Å². The number of rotatable bonds is 5. The van der Waals surface area contributed by atoms with Gasteiger partial charge in [0, 0.05) is 23.1 Å². The normalized spacial score (nSPS) is 9.60. The predicted octanol–water partition coefficient (Wildman–Crippen LogP) is 3.84. The van der Waals surface area contributed by atoms with Crippen molar-refractivity contribution in [2.75, 3.05) is 13.2 Å². The van der Waals surface area contributed by atoms with Crippen molar-refractivity contribution in [1.29, 1.82) is 0 Å². The lowest BCUT2D eigenvalue weighted by atomic mass is 10.2. The van der Waals surface area contributed by atoms with E-state index in [9.17, 15) is 9.59 Å². The van der Waals surface area contributed by atoms with E-state index < -0.39 is 0 Å². The molecule has 0 aliphatic rings. The molecule has 25 heavy (non-hydrogen) atoms. The molecule has 2 aromatic heterocycles. The fraction of sp³-hybridized carbons (Fsp3) is 0.333. The van der Waals surface area contributed by atoms with Gasteiger partial charge in [-0.1, -0.05) is 6.92 Å². The van der Waals surface area contributed by atoms with Crippen LogP contribution in [0.2, 0.25) is 0 Å². The summed E-state index contributed by atoms with van der Waals surface area (Å²) >= 11 is 3.36. The van der Waals surface area contributed by atoms with Gasteiger partial charge in [-0.15, -0.1) is 0 Å². The Morgan fingerprint density at radius 1 is 1.04 bits per heavy atom. The number of ether oxygens (including phenoxy) is 2. The molecule has 0 spiro atoms. The van der Waals surface area contributed by atoms with Crippen LogP contribution in [-0.4, -0.2) is 35.1 Å². The average molecular weight is 409 g/mol. The number of nitrogens with zero attached hydrogens (tertiary/aromatic N) is 2. The van der Waals surface area contributed by atoms with Gasteiger partial charge in [0.05, 0.1) is 30.0 Å². The predicted molar refractivity (Wildman–Crippen MR) is 97.5 cm³/mol. The van der Waals surface area contributed by atoms with Gasteiger partial charge in [0.1, 0.15) is 0 Å². The molecule has 0 unspecified atom stereocenters. The molecule has 0 bridgehead atoms. The number of hydrogen-bond acceptors (Lipinski definition) is 6. The molecule has 0 saturated heterocycles. The minimum Gasteiger partial charge on any atom is -0.462 e. The van der Waals surface area contributed by atoms with Crippen LogP contribution in [-0.2, 0) is 15.9 Å². The van der Waals surface area contributed by atoms with Crippen LogP contribution < -0.4 is 0 Å². The maximum atomic E-state index is 11.3. The van der Waals surface area contributed by atoms with Gasteiger partial charge in [0.25, 0.3) is 0 Å². The van der Waals surface area contributed by atoms with Crippen LogP contribution in [0.25, 0.3) is 0 Å². The highest BCUT2D eigenvalue weighted by molar-refractivity contribution is 9.10. The van der Waals surface area contributed by atoms with E-state index in [-0.39, 0.29) is 11.9 Å². The van der Waals surface area contributed by atoms with Crippen molar-refractivity contribution in [3.05, 3.63) is 58.1 Å². The molecule has 0 amide bonds. The quantitative estimate of drug-likeness (QED) is 0.699. The molecule has 0 saturated carbocycles. The number of hydrogen-bond donors (Lipinski definition) is 0. The smallest absolute Gasteiger partial charge is 0.339 e. The van der Waals surface area contributed by atoms with Gasteiger partial charge in [-0.2, -0.15) is 0 Å². The van der Waals surface area contributed by atoms with Crippen LogP contribution in [0.1, 0.15) is 47.2 Å². The molecule has 2 aromatic rings. The lowest BCUT2D eigenvalue weighted by molar-refractivity contribution is 0.0516. The molecular weight excluding hydrogens is 388 g/mol. The molecule has 0 radical (unpaired) electrons. The molecule has 2 heterocycles. The zero-order chi connectivity index (χ0) is 18.7. The Morgan fingerprint density at radius 2 is 1.68 bits per heavy atom. The van der Waals surface area contributed by atoms with Crippen molar-refractivity contribution < 1.29 is 19.1 Å². The molecule has 0 atom stereocenters. The summed E-state index contributed by atoms with van der Waals surface area (Å²) in [6.45, 7) is 6.34. The van der Waals surface area contributed by atoms with E-state index in [1.54, 1.807) is 44.4 Å². The van der Waals surface area contributed by atoms with Gasteiger partial charge >= 0.3 is 11.9 Å². The largest absolute Gasteiger partial charge is 0.462 e. The zero-order valence-electron chi connectivity index (χ0n) is 14.5. The Kier molecular flexibility index (Phi) is 9.39. The van der Waals surface area contributed by atoms with Crippen molar-refractivity contribution in [2.24, 2.45) is 0 Å². The van der Waals surface area contributed by atoms with Gasteiger partial charge in [0.15, 0.2) is 0 Å². The highest BCUT2D eigenvalue weighted by Crippen LogP contribution is 2.17. The Labute approximate surface area is 155 Å². The molecule has 0 aromatic carbocycles. The first kappa shape index (κ1) is 20.8. The zero-order valence-corrected chi connectivity index (χ0v) is 16.1. The second-order valence-electron chi connectivity index (χ2n) is 4.69. The average Bonchev–Trinajstić information content (AvgIpc) is 2.63. The fourth-order valence-electron chi connectivity index (χ4n) is 1.75. The maximum absolute atomic E-state index is 11.3. The number of esters is 2. The van der Waals surface area contributed by atoms with Crippen LogP contribution in [0.4, 0.5) is 0 Å². The minimum atomic E-state index is -0.330. The fourth-order valence-corrected chi connectivity index (χ4v) is 2.38. The van der Waals surface area contributed by atoms with Gasteiger partial charge in [0.2, 0.25) is 0 Å². The molecule has 0 fully saturated rings. The SMILES string of the molecule is CCOC(=O)c1cccnc1.CCOC(=O)c1cnc(CC)c(Br)c1. The summed E-state index contributed by atoms with van der Waals surface area (Å²) in [5.74, 6) is -0.649. The standard InChI is InChI=1S/C10H12BrNO2.C8H9NO2/c1-3-9-8(11)5-7(6-12-9)10(13)14-4-2;1-2-11-8(10)7-4-3-5-9-6-7/h5-6H,3-4H2,1-2H3;3-6H,2H2,1H3. The number of carbonyl (C=O) groups is 2. The molecule has 0 N–H and O–H groups in total. The Hall–Kier alpha value is -2.28. The van der Waals surface area contributed by atoms with Crippen LogP contribution >= 0.6 is 15.9 Å². The van der Waals surface area contributed by atoms with Crippen LogP contribution in [0.3, 0.4) is 0 Å². The first-order valence-electron chi connectivity index (χ1n) is 7.92. The molecule has 134 valence electrons. The first-order chi connectivity index (χ1) is 12.0. The molecule has 7 heteroatoms. The number of carbonyl (C=O) groups excluding carboxylic acids is 2. The summed E-state index contributed by atoms with van der Waals surface area (Å²) in [6, 6.07) is 5.11. The summed E-state index contributed by atoms with van der Waals surface area (Å²) in [5.41, 5.74) is 1.92. The number of aryl methyl sites for hydroxylation is 1. The monoisotopic (exact) mass is 408 g/mol. The Morgan fingerprint density at radius 3 is 2.16 bits per heavy atom. The van der Waals surface area contributed by atoms with Gasteiger partial charge in [-0.3, -0.25) is 9.97 Å². The van der Waals surface area contributed by atoms with Crippen LogP contribution in [0.5, 0.6) is 0 Å². The van der Waals surface area contributed by atoms with Crippen LogP contribution in [0.15, 0.2) is 41.3 Å². The maximum Gasteiger partial charge on any atom is 0.339 e. The second kappa shape index (κ2) is 11.3. The van der Waals surface area contributed by atoms with Gasteiger partial charge < -0.3 is 9.47 Å². The third-order valence-corrected chi connectivity index (χ3v) is 3.62. The third kappa shape index (κ3) is 7.01.